The highest BCUT2D eigenvalue weighted by atomic mass is 79.9. The predicted molar refractivity (Wildman–Crippen MR) is 89.2 cm³/mol. The van der Waals surface area contributed by atoms with E-state index in [0.717, 1.165) is 0 Å². The number of aromatic nitrogens is 3. The van der Waals surface area contributed by atoms with Crippen LogP contribution in [-0.4, -0.2) is 26.2 Å². The van der Waals surface area contributed by atoms with E-state index < -0.39 is 7.92 Å². The summed E-state index contributed by atoms with van der Waals surface area (Å²) in [6.07, 6.45) is 5.92. The van der Waals surface area contributed by atoms with Gasteiger partial charge in [-0.05, 0) is 36.4 Å². The van der Waals surface area contributed by atoms with Gasteiger partial charge in [-0.2, -0.15) is 0 Å². The number of aliphatic hydroxyl groups excluding tert-OH is 1. The third-order valence-corrected chi connectivity index (χ3v) is 5.40. The van der Waals surface area contributed by atoms with Crippen LogP contribution in [0.15, 0.2) is 55.0 Å². The van der Waals surface area contributed by atoms with E-state index in [1.807, 2.05) is 36.8 Å². The zero-order chi connectivity index (χ0) is 13.1. The van der Waals surface area contributed by atoms with Crippen molar-refractivity contribution >= 4 is 41.2 Å². The van der Waals surface area contributed by atoms with Gasteiger partial charge in [0.25, 0.3) is 0 Å². The molecule has 0 bridgehead atoms. The summed E-state index contributed by atoms with van der Waals surface area (Å²) in [5.41, 5.74) is 3.64. The summed E-state index contributed by atoms with van der Waals surface area (Å²) in [5.74, 6) is 0. The van der Waals surface area contributed by atoms with Crippen molar-refractivity contribution < 1.29 is 5.11 Å². The van der Waals surface area contributed by atoms with Crippen molar-refractivity contribution in [1.82, 2.24) is 14.5 Å². The van der Waals surface area contributed by atoms with Crippen molar-refractivity contribution in [2.45, 2.75) is 6.54 Å². The van der Waals surface area contributed by atoms with Gasteiger partial charge in [-0.3, -0.25) is 0 Å². The summed E-state index contributed by atoms with van der Waals surface area (Å²) < 4.78 is 2.12. The van der Waals surface area contributed by atoms with E-state index in [4.69, 9.17) is 0 Å². The number of nitrogens with zero attached hydrogens (tertiary/aromatic N) is 1. The van der Waals surface area contributed by atoms with Crippen LogP contribution in [-0.2, 0) is 6.54 Å². The smallest absolute Gasteiger partial charge is 0.0610 e. The van der Waals surface area contributed by atoms with Crippen LogP contribution in [0, 0.1) is 0 Å². The third-order valence-electron chi connectivity index (χ3n) is 3.02. The molecule has 0 spiro atoms. The maximum absolute atomic E-state index is 9.18. The maximum Gasteiger partial charge on any atom is 0.0610 e. The van der Waals surface area contributed by atoms with Crippen LogP contribution in [0.1, 0.15) is 0 Å². The largest absolute Gasteiger partial charge is 0.395 e. The van der Waals surface area contributed by atoms with Gasteiger partial charge in [-0.1, -0.05) is 0 Å². The number of nitrogens with one attached hydrogen (secondary N) is 2. The second-order valence-corrected chi connectivity index (χ2v) is 6.32. The number of aromatic amines is 2. The Hall–Kier alpha value is -1.29. The zero-order valence-electron chi connectivity index (χ0n) is 10.9. The molecular formula is C14H17BrN3OP. The van der Waals surface area contributed by atoms with Gasteiger partial charge in [0.1, 0.15) is 0 Å². The molecule has 3 heterocycles. The minimum Gasteiger partial charge on any atom is -0.395 e. The molecule has 0 atom stereocenters. The van der Waals surface area contributed by atoms with Crippen molar-refractivity contribution in [3.63, 3.8) is 0 Å². The lowest BCUT2D eigenvalue weighted by molar-refractivity contribution is 0.277. The van der Waals surface area contributed by atoms with E-state index in [-0.39, 0.29) is 23.6 Å². The molecule has 0 fully saturated rings. The van der Waals surface area contributed by atoms with E-state index in [1.165, 1.54) is 16.3 Å². The highest BCUT2D eigenvalue weighted by molar-refractivity contribution is 8.93. The SMILES string of the molecule is Br.OCCn1cccc1P(c1ccc[nH]1)c1ccc[nH]1. The monoisotopic (exact) mass is 353 g/mol. The molecule has 0 amide bonds. The molecule has 106 valence electrons. The summed E-state index contributed by atoms with van der Waals surface area (Å²) in [4.78, 5) is 6.63. The molecule has 3 rings (SSSR count). The first-order valence-corrected chi connectivity index (χ1v) is 7.57. The predicted octanol–water partition coefficient (Wildman–Crippen LogP) is 1.47. The Bertz CT molecular complexity index is 584. The standard InChI is InChI=1S/C14H16N3OP.BrH/c18-11-10-17-9-3-6-14(17)19(12-4-1-7-15-12)13-5-2-8-16-13;/h1-9,15-16,18H,10-11H2;1H. The average molecular weight is 354 g/mol. The van der Waals surface area contributed by atoms with Gasteiger partial charge in [0.2, 0.25) is 0 Å². The number of aliphatic hydroxyl groups is 1. The van der Waals surface area contributed by atoms with Gasteiger partial charge in [-0.15, -0.1) is 17.0 Å². The lowest BCUT2D eigenvalue weighted by Crippen LogP contribution is -2.27. The van der Waals surface area contributed by atoms with Crippen LogP contribution in [0.5, 0.6) is 0 Å². The second-order valence-electron chi connectivity index (χ2n) is 4.23. The van der Waals surface area contributed by atoms with Crippen molar-refractivity contribution in [2.75, 3.05) is 6.61 Å². The Balaban J connectivity index is 0.00000147. The summed E-state index contributed by atoms with van der Waals surface area (Å²) in [6.45, 7) is 0.781. The van der Waals surface area contributed by atoms with Gasteiger partial charge in [0.05, 0.1) is 22.9 Å². The Kier molecular flexibility index (Phi) is 5.24. The van der Waals surface area contributed by atoms with Gasteiger partial charge >= 0.3 is 0 Å². The molecule has 0 aliphatic carbocycles. The zero-order valence-corrected chi connectivity index (χ0v) is 13.5. The fourth-order valence-electron chi connectivity index (χ4n) is 2.20. The van der Waals surface area contributed by atoms with E-state index >= 15 is 0 Å². The molecule has 20 heavy (non-hydrogen) atoms. The van der Waals surface area contributed by atoms with Crippen molar-refractivity contribution in [2.24, 2.45) is 0 Å². The molecule has 0 unspecified atom stereocenters. The van der Waals surface area contributed by atoms with Gasteiger partial charge in [0.15, 0.2) is 0 Å². The maximum atomic E-state index is 9.18. The first-order chi connectivity index (χ1) is 9.40. The van der Waals surface area contributed by atoms with Crippen LogP contribution in [0.2, 0.25) is 0 Å². The fourth-order valence-corrected chi connectivity index (χ4v) is 4.49. The molecule has 4 nitrogen and oxygen atoms in total. The summed E-state index contributed by atoms with van der Waals surface area (Å²) in [5, 5.41) is 9.18. The minimum absolute atomic E-state index is 0. The van der Waals surface area contributed by atoms with E-state index in [1.54, 1.807) is 0 Å². The lowest BCUT2D eigenvalue weighted by Gasteiger charge is -2.17. The van der Waals surface area contributed by atoms with Crippen molar-refractivity contribution in [1.29, 1.82) is 0 Å². The number of H-pyrrole nitrogens is 2. The van der Waals surface area contributed by atoms with Crippen LogP contribution >= 0.6 is 24.9 Å². The number of hydrogen-bond donors (Lipinski definition) is 3. The van der Waals surface area contributed by atoms with Crippen LogP contribution in [0.4, 0.5) is 0 Å². The van der Waals surface area contributed by atoms with Gasteiger partial charge < -0.3 is 19.6 Å². The molecule has 3 aromatic heterocycles. The molecule has 6 heteroatoms. The summed E-state index contributed by atoms with van der Waals surface area (Å²) >= 11 is 0. The normalized spacial score (nSPS) is 10.7. The summed E-state index contributed by atoms with van der Waals surface area (Å²) in [7, 11) is -0.626. The molecule has 3 N–H and O–H groups in total. The average Bonchev–Trinajstić information content (AvgIpc) is 3.14. The van der Waals surface area contributed by atoms with Crippen molar-refractivity contribution in [3.8, 4) is 0 Å². The highest BCUT2D eigenvalue weighted by Gasteiger charge is 2.20. The third kappa shape index (κ3) is 2.90. The topological polar surface area (TPSA) is 56.7 Å². The van der Waals surface area contributed by atoms with Crippen molar-refractivity contribution in [3.05, 3.63) is 55.0 Å². The molecule has 0 aliphatic rings. The molecule has 3 aromatic rings. The first-order valence-electron chi connectivity index (χ1n) is 6.23. The van der Waals surface area contributed by atoms with E-state index in [2.05, 4.69) is 32.7 Å². The Morgan fingerprint density at radius 2 is 1.65 bits per heavy atom. The van der Waals surface area contributed by atoms with Crippen LogP contribution in [0.3, 0.4) is 0 Å². The van der Waals surface area contributed by atoms with Crippen LogP contribution < -0.4 is 16.3 Å². The second kappa shape index (κ2) is 6.93. The van der Waals surface area contributed by atoms with Gasteiger partial charge in [-0.25, -0.2) is 0 Å². The van der Waals surface area contributed by atoms with E-state index in [0.29, 0.717) is 6.54 Å². The van der Waals surface area contributed by atoms with Gasteiger partial charge in [0, 0.05) is 33.1 Å². The number of hydrogen-bond acceptors (Lipinski definition) is 1. The molecule has 0 aromatic carbocycles. The Morgan fingerprint density at radius 1 is 1.00 bits per heavy atom. The highest BCUT2D eigenvalue weighted by Crippen LogP contribution is 2.31. The van der Waals surface area contributed by atoms with E-state index in [9.17, 15) is 5.11 Å². The fraction of sp³-hybridized carbons (Fsp3) is 0.143. The molecule has 0 aliphatic heterocycles. The minimum atomic E-state index is -0.626. The first kappa shape index (κ1) is 15.1. The quantitative estimate of drug-likeness (QED) is 0.598. The number of rotatable bonds is 5. The Morgan fingerprint density at radius 3 is 2.15 bits per heavy atom. The summed E-state index contributed by atoms with van der Waals surface area (Å²) in [6, 6.07) is 12.4. The molecular weight excluding hydrogens is 337 g/mol. The van der Waals surface area contributed by atoms with Crippen LogP contribution in [0.25, 0.3) is 0 Å². The molecule has 0 saturated heterocycles. The molecule has 0 saturated carbocycles. The lowest BCUT2D eigenvalue weighted by atomic mass is 10.7. The Labute approximate surface area is 129 Å². The number of halogens is 1. The molecule has 0 radical (unpaired) electrons.